The predicted molar refractivity (Wildman–Crippen MR) is 216 cm³/mol. The first-order valence-corrected chi connectivity index (χ1v) is 21.4. The molecule has 1 saturated heterocycles. The zero-order valence-corrected chi connectivity index (χ0v) is 36.4. The van der Waals surface area contributed by atoms with Gasteiger partial charge in [0.05, 0.1) is 31.3 Å². The molecule has 4 fully saturated rings. The van der Waals surface area contributed by atoms with Crippen LogP contribution in [0.15, 0.2) is 42.0 Å². The summed E-state index contributed by atoms with van der Waals surface area (Å²) in [7, 11) is 1.77. The van der Waals surface area contributed by atoms with Gasteiger partial charge in [0.15, 0.2) is 0 Å². The molecule has 12 atom stereocenters. The summed E-state index contributed by atoms with van der Waals surface area (Å²) in [5.74, 6) is -0.354. The molecule has 0 spiro atoms. The minimum absolute atomic E-state index is 0.0236. The molecule has 3 saturated carbocycles. The second-order valence-corrected chi connectivity index (χ2v) is 20.5. The number of benzene rings is 1. The average molecular weight is 778 g/mol. The number of carbonyl (C=O) groups excluding carboxylic acids is 2. The van der Waals surface area contributed by atoms with Gasteiger partial charge < -0.3 is 29.0 Å². The Hall–Kier alpha value is -2.91. The lowest BCUT2D eigenvalue weighted by Crippen LogP contribution is -2.70. The van der Waals surface area contributed by atoms with Gasteiger partial charge in [-0.15, -0.1) is 0 Å². The molecule has 312 valence electrons. The average Bonchev–Trinajstić information content (AvgIpc) is 3.13. The molecule has 0 unspecified atom stereocenters. The van der Waals surface area contributed by atoms with Gasteiger partial charge >= 0.3 is 18.0 Å². The van der Waals surface area contributed by atoms with Gasteiger partial charge in [0, 0.05) is 24.8 Å². The number of carboxylic acids is 1. The van der Waals surface area contributed by atoms with Crippen LogP contribution in [0.1, 0.15) is 120 Å². The lowest BCUT2D eigenvalue weighted by atomic mass is 9.34. The van der Waals surface area contributed by atoms with Crippen molar-refractivity contribution in [2.45, 2.75) is 139 Å². The van der Waals surface area contributed by atoms with Crippen molar-refractivity contribution in [1.82, 2.24) is 4.90 Å². The Kier molecular flexibility index (Phi) is 11.5. The van der Waals surface area contributed by atoms with Crippen LogP contribution < -0.4 is 0 Å². The van der Waals surface area contributed by atoms with Crippen molar-refractivity contribution >= 4 is 18.0 Å². The molecule has 1 N–H and O–H groups in total. The summed E-state index contributed by atoms with van der Waals surface area (Å²) in [5.41, 5.74) is -0.186. The molecule has 1 heterocycles. The molecule has 6 rings (SSSR count). The van der Waals surface area contributed by atoms with Crippen molar-refractivity contribution in [1.29, 1.82) is 0 Å². The molecule has 0 aromatic heterocycles. The number of likely N-dealkylation sites (N-methyl/N-ethyl adjacent to an activating group) is 1. The van der Waals surface area contributed by atoms with Crippen molar-refractivity contribution in [2.24, 2.45) is 62.6 Å². The Morgan fingerprint density at radius 3 is 2.27 bits per heavy atom. The second kappa shape index (κ2) is 15.0. The van der Waals surface area contributed by atoms with E-state index in [2.05, 4.69) is 68.4 Å². The number of rotatable bonds is 11. The van der Waals surface area contributed by atoms with Gasteiger partial charge in [-0.1, -0.05) is 104 Å². The number of esters is 1. The van der Waals surface area contributed by atoms with E-state index in [4.69, 9.17) is 18.9 Å². The highest BCUT2D eigenvalue weighted by Gasteiger charge is 2.72. The minimum Gasteiger partial charge on any atom is -0.481 e. The molecule has 2 bridgehead atoms. The maximum Gasteiger partial charge on any atom is 0.410 e. The predicted octanol–water partition coefficient (Wildman–Crippen LogP) is 9.58. The summed E-state index contributed by atoms with van der Waals surface area (Å²) in [6.07, 6.45) is 6.14. The third-order valence-corrected chi connectivity index (χ3v) is 17.4. The first-order valence-electron chi connectivity index (χ1n) is 21.4. The van der Waals surface area contributed by atoms with Crippen molar-refractivity contribution < 1.29 is 38.4 Å². The van der Waals surface area contributed by atoms with Gasteiger partial charge in [-0.25, -0.2) is 4.79 Å². The topological polar surface area (TPSA) is 112 Å². The first-order chi connectivity index (χ1) is 26.1. The Morgan fingerprint density at radius 1 is 0.982 bits per heavy atom. The summed E-state index contributed by atoms with van der Waals surface area (Å²) in [6.45, 7) is 25.0. The number of nitrogens with zero attached hydrogens (tertiary/aromatic N) is 1. The summed E-state index contributed by atoms with van der Waals surface area (Å²) >= 11 is 0. The molecule has 9 nitrogen and oxygen atoms in total. The van der Waals surface area contributed by atoms with E-state index in [1.165, 1.54) is 12.5 Å². The first kappa shape index (κ1) is 42.7. The van der Waals surface area contributed by atoms with Gasteiger partial charge in [0.25, 0.3) is 0 Å². The molecule has 1 aromatic carbocycles. The number of hydrogen-bond acceptors (Lipinski definition) is 7. The van der Waals surface area contributed by atoms with Gasteiger partial charge in [0.2, 0.25) is 0 Å². The highest BCUT2D eigenvalue weighted by Crippen LogP contribution is 2.75. The van der Waals surface area contributed by atoms with E-state index in [9.17, 15) is 19.5 Å². The molecule has 9 heteroatoms. The molecular formula is C47H71NO8. The van der Waals surface area contributed by atoms with Gasteiger partial charge in [-0.3, -0.25) is 9.59 Å². The van der Waals surface area contributed by atoms with Crippen LogP contribution in [0.25, 0.3) is 0 Å². The molecule has 5 aliphatic rings. The van der Waals surface area contributed by atoms with E-state index in [-0.39, 0.29) is 59.1 Å². The number of ether oxygens (including phenoxy) is 4. The molecule has 4 aliphatic carbocycles. The third-order valence-electron chi connectivity index (χ3n) is 17.4. The van der Waals surface area contributed by atoms with Crippen molar-refractivity contribution in [3.63, 3.8) is 0 Å². The van der Waals surface area contributed by atoms with Crippen molar-refractivity contribution in [2.75, 3.05) is 26.9 Å². The number of hydrogen-bond donors (Lipinski definition) is 1. The number of amides is 1. The van der Waals surface area contributed by atoms with Gasteiger partial charge in [-0.2, -0.15) is 0 Å². The van der Waals surface area contributed by atoms with E-state index in [0.29, 0.717) is 32.0 Å². The summed E-state index contributed by atoms with van der Waals surface area (Å²) < 4.78 is 25.8. The fraction of sp³-hybridized carbons (Fsp3) is 0.766. The Labute approximate surface area is 336 Å². The summed E-state index contributed by atoms with van der Waals surface area (Å²) in [4.78, 5) is 41.6. The number of carboxylic acid groups (broad SMARTS) is 1. The highest BCUT2D eigenvalue weighted by atomic mass is 16.6. The zero-order valence-electron chi connectivity index (χ0n) is 36.4. The van der Waals surface area contributed by atoms with Crippen LogP contribution in [-0.4, -0.2) is 72.7 Å². The minimum atomic E-state index is -0.721. The van der Waals surface area contributed by atoms with Crippen LogP contribution in [0.5, 0.6) is 0 Å². The Bertz CT molecular complexity index is 1680. The van der Waals surface area contributed by atoms with Gasteiger partial charge in [-0.05, 0) is 96.8 Å². The normalized spacial score (nSPS) is 39.2. The van der Waals surface area contributed by atoms with Crippen LogP contribution in [-0.2, 0) is 35.1 Å². The number of allylic oxidation sites excluding steroid dienone is 1. The van der Waals surface area contributed by atoms with Crippen LogP contribution >= 0.6 is 0 Å². The van der Waals surface area contributed by atoms with Crippen molar-refractivity contribution in [3.8, 4) is 0 Å². The largest absolute Gasteiger partial charge is 0.481 e. The van der Waals surface area contributed by atoms with Crippen LogP contribution in [0, 0.1) is 62.6 Å². The molecule has 1 amide bonds. The Morgan fingerprint density at radius 2 is 1.66 bits per heavy atom. The SMILES string of the molecule is CC(=O)O[C@@H]1C[C@@]23COC[C@](C)([C@@H]2CC[C@H]2C3=CC[C@@]3(C)[C@H](C(=O)O)[C@@](C)([C@H](C)C(C)C)CC[C@]23C)[C@H]1OC[C@](C)(C(C)C)N(C)C(=O)OCc1ccccc1. The smallest absolute Gasteiger partial charge is 0.410 e. The zero-order chi connectivity index (χ0) is 41.2. The standard InChI is InChI=1S/C47H71NO8/c1-29(2)31(5)42(7)22-23-44(9)34-18-19-37-43(8)26-53-28-47(37,35(34)20-21-45(44,10)38(42)40(50)51)24-36(56-32(6)49)39(43)55-27-46(11,30(3)4)48(12)41(52)54-25-33-16-14-13-15-17-33/h13-17,20,29-31,34,36-39H,18-19,21-28H2,1-12H3,(H,50,51)/t31-,34+,36-,37+,38-,39+,42-,43-,44-,45+,46-,47+/m1/s1. The monoisotopic (exact) mass is 778 g/mol. The maximum absolute atomic E-state index is 13.5. The van der Waals surface area contributed by atoms with E-state index in [1.807, 2.05) is 37.3 Å². The lowest BCUT2D eigenvalue weighted by molar-refractivity contribution is -0.271. The molecule has 1 aliphatic heterocycles. The number of aliphatic carboxylic acids is 1. The van der Waals surface area contributed by atoms with E-state index in [1.54, 1.807) is 11.9 Å². The fourth-order valence-corrected chi connectivity index (χ4v) is 13.1. The summed E-state index contributed by atoms with van der Waals surface area (Å²) in [6, 6.07) is 9.66. The van der Waals surface area contributed by atoms with E-state index < -0.39 is 46.6 Å². The number of carbonyl (C=O) groups is 3. The molecule has 1 aromatic rings. The third kappa shape index (κ3) is 6.53. The van der Waals surface area contributed by atoms with Crippen LogP contribution in [0.3, 0.4) is 0 Å². The van der Waals surface area contributed by atoms with Crippen LogP contribution in [0.2, 0.25) is 0 Å². The highest BCUT2D eigenvalue weighted by molar-refractivity contribution is 5.73. The molecule has 56 heavy (non-hydrogen) atoms. The molecular weight excluding hydrogens is 707 g/mol. The fourth-order valence-electron chi connectivity index (χ4n) is 13.1. The molecule has 0 radical (unpaired) electrons. The summed E-state index contributed by atoms with van der Waals surface area (Å²) in [5, 5.41) is 11.1. The van der Waals surface area contributed by atoms with Crippen LogP contribution in [0.4, 0.5) is 4.79 Å². The second-order valence-electron chi connectivity index (χ2n) is 20.5. The number of fused-ring (bicyclic) bond motifs is 3. The Balaban J connectivity index is 1.32. The maximum atomic E-state index is 13.5. The van der Waals surface area contributed by atoms with E-state index in [0.717, 1.165) is 31.2 Å². The van der Waals surface area contributed by atoms with E-state index >= 15 is 0 Å². The van der Waals surface area contributed by atoms with Crippen molar-refractivity contribution in [3.05, 3.63) is 47.5 Å². The lowest BCUT2D eigenvalue weighted by Gasteiger charge is -2.71. The van der Waals surface area contributed by atoms with Gasteiger partial charge in [0.1, 0.15) is 18.8 Å². The quantitative estimate of drug-likeness (QED) is 0.175.